The van der Waals surface area contributed by atoms with Crippen LogP contribution in [0.5, 0.6) is 0 Å². The van der Waals surface area contributed by atoms with Gasteiger partial charge in [0.1, 0.15) is 0 Å². The second kappa shape index (κ2) is 4.31. The van der Waals surface area contributed by atoms with E-state index in [1.165, 1.54) is 0 Å². The molecule has 0 radical (unpaired) electrons. The summed E-state index contributed by atoms with van der Waals surface area (Å²) in [6.07, 6.45) is 1.12. The number of nitrogens with one attached hydrogen (secondary N) is 1. The van der Waals surface area contributed by atoms with Crippen molar-refractivity contribution >= 4 is 17.5 Å². The highest BCUT2D eigenvalue weighted by Gasteiger charge is 2.39. The van der Waals surface area contributed by atoms with Gasteiger partial charge >= 0.3 is 0 Å². The average Bonchev–Trinajstić information content (AvgIpc) is 2.90. The first-order valence-electron chi connectivity index (χ1n) is 6.03. The number of carbonyl (C=O) groups is 1. The van der Waals surface area contributed by atoms with Crippen molar-refractivity contribution in [3.63, 3.8) is 0 Å². The molecule has 3 nitrogen and oxygen atoms in total. The van der Waals surface area contributed by atoms with Crippen LogP contribution in [0, 0.1) is 5.92 Å². The van der Waals surface area contributed by atoms with E-state index in [1.54, 1.807) is 24.3 Å². The summed E-state index contributed by atoms with van der Waals surface area (Å²) in [4.78, 5) is 14.4. The highest BCUT2D eigenvalue weighted by atomic mass is 35.5. The molecule has 90 valence electrons. The molecule has 2 aliphatic rings. The van der Waals surface area contributed by atoms with E-state index in [9.17, 15) is 4.79 Å². The number of fused-ring (bicyclic) bond motifs is 1. The van der Waals surface area contributed by atoms with E-state index in [0.717, 1.165) is 31.6 Å². The summed E-state index contributed by atoms with van der Waals surface area (Å²) in [6, 6.07) is 7.55. The predicted octanol–water partition coefficient (Wildman–Crippen LogP) is 1.77. The maximum atomic E-state index is 12.4. The Kier molecular flexibility index (Phi) is 2.81. The fourth-order valence-electron chi connectivity index (χ4n) is 2.86. The van der Waals surface area contributed by atoms with Gasteiger partial charge in [0.25, 0.3) is 5.91 Å². The van der Waals surface area contributed by atoms with Gasteiger partial charge in [-0.2, -0.15) is 0 Å². The Morgan fingerprint density at radius 1 is 1.29 bits per heavy atom. The lowest BCUT2D eigenvalue weighted by Gasteiger charge is -2.23. The van der Waals surface area contributed by atoms with Crippen LogP contribution in [-0.4, -0.2) is 36.5 Å². The molecule has 0 bridgehead atoms. The molecule has 0 unspecified atom stereocenters. The molecule has 0 spiro atoms. The largest absolute Gasteiger partial charge is 0.334 e. The van der Waals surface area contributed by atoms with Crippen molar-refractivity contribution in [1.82, 2.24) is 10.2 Å². The Hall–Kier alpha value is -1.06. The van der Waals surface area contributed by atoms with Gasteiger partial charge in [-0.25, -0.2) is 0 Å². The number of nitrogens with zero attached hydrogens (tertiary/aromatic N) is 1. The SMILES string of the molecule is O=C(c1ccc(Cl)cc1)N1CC[C@H]2CNC[C@H]21. The van der Waals surface area contributed by atoms with Crippen LogP contribution in [0.1, 0.15) is 16.8 Å². The van der Waals surface area contributed by atoms with Crippen molar-refractivity contribution in [3.05, 3.63) is 34.9 Å². The van der Waals surface area contributed by atoms with Crippen LogP contribution in [-0.2, 0) is 0 Å². The van der Waals surface area contributed by atoms with Crippen LogP contribution in [0.4, 0.5) is 0 Å². The van der Waals surface area contributed by atoms with Crippen LogP contribution in [0.3, 0.4) is 0 Å². The quantitative estimate of drug-likeness (QED) is 0.824. The van der Waals surface area contributed by atoms with Gasteiger partial charge in [-0.1, -0.05) is 11.6 Å². The third kappa shape index (κ3) is 1.94. The summed E-state index contributed by atoms with van der Waals surface area (Å²) < 4.78 is 0. The van der Waals surface area contributed by atoms with Gasteiger partial charge in [-0.05, 0) is 36.6 Å². The number of rotatable bonds is 1. The number of likely N-dealkylation sites (tertiary alicyclic amines) is 1. The van der Waals surface area contributed by atoms with Gasteiger partial charge in [0, 0.05) is 36.3 Å². The van der Waals surface area contributed by atoms with Gasteiger partial charge in [0.2, 0.25) is 0 Å². The third-order valence-corrected chi connectivity index (χ3v) is 4.05. The molecule has 0 aromatic heterocycles. The molecule has 1 aromatic carbocycles. The van der Waals surface area contributed by atoms with E-state index in [0.29, 0.717) is 17.0 Å². The highest BCUT2D eigenvalue weighted by molar-refractivity contribution is 6.30. The van der Waals surface area contributed by atoms with Gasteiger partial charge in [-0.3, -0.25) is 4.79 Å². The minimum Gasteiger partial charge on any atom is -0.334 e. The monoisotopic (exact) mass is 250 g/mol. The lowest BCUT2D eigenvalue weighted by molar-refractivity contribution is 0.0737. The lowest BCUT2D eigenvalue weighted by Crippen LogP contribution is -2.39. The molecule has 1 N–H and O–H groups in total. The summed E-state index contributed by atoms with van der Waals surface area (Å²) in [5, 5.41) is 4.02. The smallest absolute Gasteiger partial charge is 0.254 e. The van der Waals surface area contributed by atoms with Crippen LogP contribution in [0.2, 0.25) is 5.02 Å². The van der Waals surface area contributed by atoms with Gasteiger partial charge < -0.3 is 10.2 Å². The van der Waals surface area contributed by atoms with Crippen molar-refractivity contribution in [3.8, 4) is 0 Å². The first-order valence-corrected chi connectivity index (χ1v) is 6.41. The summed E-state index contributed by atoms with van der Waals surface area (Å²) in [5.41, 5.74) is 0.738. The van der Waals surface area contributed by atoms with Gasteiger partial charge in [0.05, 0.1) is 0 Å². The van der Waals surface area contributed by atoms with Crippen molar-refractivity contribution in [2.24, 2.45) is 5.92 Å². The molecule has 1 amide bonds. The van der Waals surface area contributed by atoms with Crippen LogP contribution < -0.4 is 5.32 Å². The maximum Gasteiger partial charge on any atom is 0.254 e. The zero-order valence-corrected chi connectivity index (χ0v) is 10.3. The summed E-state index contributed by atoms with van der Waals surface area (Å²) in [6.45, 7) is 2.87. The minimum atomic E-state index is 0.137. The van der Waals surface area contributed by atoms with Crippen LogP contribution in [0.25, 0.3) is 0 Å². The van der Waals surface area contributed by atoms with E-state index in [-0.39, 0.29) is 5.91 Å². The van der Waals surface area contributed by atoms with Crippen LogP contribution >= 0.6 is 11.6 Å². The Morgan fingerprint density at radius 3 is 2.82 bits per heavy atom. The number of carbonyl (C=O) groups excluding carboxylic acids is 1. The fourth-order valence-corrected chi connectivity index (χ4v) is 2.99. The topological polar surface area (TPSA) is 32.3 Å². The summed E-state index contributed by atoms with van der Waals surface area (Å²) >= 11 is 5.83. The van der Waals surface area contributed by atoms with Gasteiger partial charge in [0.15, 0.2) is 0 Å². The fraction of sp³-hybridized carbons (Fsp3) is 0.462. The Morgan fingerprint density at radius 2 is 2.06 bits per heavy atom. The molecule has 1 aromatic rings. The Bertz CT molecular complexity index is 432. The van der Waals surface area contributed by atoms with E-state index >= 15 is 0 Å². The molecule has 0 aliphatic carbocycles. The molecule has 2 atom stereocenters. The summed E-state index contributed by atoms with van der Waals surface area (Å²) in [7, 11) is 0. The number of halogens is 1. The number of benzene rings is 1. The molecule has 3 rings (SSSR count). The van der Waals surface area contributed by atoms with Crippen LogP contribution in [0.15, 0.2) is 24.3 Å². The van der Waals surface area contributed by atoms with Crippen molar-refractivity contribution in [1.29, 1.82) is 0 Å². The second-order valence-corrected chi connectivity index (χ2v) is 5.22. The number of amides is 1. The van der Waals surface area contributed by atoms with Crippen molar-refractivity contribution in [2.75, 3.05) is 19.6 Å². The average molecular weight is 251 g/mol. The minimum absolute atomic E-state index is 0.137. The van der Waals surface area contributed by atoms with E-state index in [1.807, 2.05) is 4.90 Å². The standard InChI is InChI=1S/C13H15ClN2O/c14-11-3-1-9(2-4-11)13(17)16-6-5-10-7-15-8-12(10)16/h1-4,10,12,15H,5-8H2/t10-,12+/m0/s1. The maximum absolute atomic E-state index is 12.4. The molecule has 2 heterocycles. The zero-order valence-electron chi connectivity index (χ0n) is 9.53. The number of hydrogen-bond acceptors (Lipinski definition) is 2. The normalized spacial score (nSPS) is 27.2. The Balaban J connectivity index is 1.80. The molecule has 17 heavy (non-hydrogen) atoms. The van der Waals surface area contributed by atoms with Crippen molar-refractivity contribution < 1.29 is 4.79 Å². The first kappa shape index (κ1) is 11.1. The highest BCUT2D eigenvalue weighted by Crippen LogP contribution is 2.28. The molecule has 2 saturated heterocycles. The Labute approximate surface area is 106 Å². The molecule has 2 aliphatic heterocycles. The predicted molar refractivity (Wildman–Crippen MR) is 67.3 cm³/mol. The molecule has 4 heteroatoms. The van der Waals surface area contributed by atoms with E-state index < -0.39 is 0 Å². The van der Waals surface area contributed by atoms with Crippen molar-refractivity contribution in [2.45, 2.75) is 12.5 Å². The lowest BCUT2D eigenvalue weighted by atomic mass is 10.0. The zero-order chi connectivity index (χ0) is 11.8. The molecule has 2 fully saturated rings. The molecule has 0 saturated carbocycles. The first-order chi connectivity index (χ1) is 8.25. The van der Waals surface area contributed by atoms with E-state index in [2.05, 4.69) is 5.32 Å². The summed E-state index contributed by atoms with van der Waals surface area (Å²) in [5.74, 6) is 0.782. The van der Waals surface area contributed by atoms with Gasteiger partial charge in [-0.15, -0.1) is 0 Å². The molecular weight excluding hydrogens is 236 g/mol. The second-order valence-electron chi connectivity index (χ2n) is 4.78. The molecular formula is C13H15ClN2O. The third-order valence-electron chi connectivity index (χ3n) is 3.80. The van der Waals surface area contributed by atoms with E-state index in [4.69, 9.17) is 11.6 Å². The number of hydrogen-bond donors (Lipinski definition) is 1.